The normalized spacial score (nSPS) is 17.2. The predicted molar refractivity (Wildman–Crippen MR) is 141 cm³/mol. The zero-order valence-electron chi connectivity index (χ0n) is 21.9. The van der Waals surface area contributed by atoms with E-state index in [4.69, 9.17) is 19.1 Å². The fraction of sp³-hybridized carbons (Fsp3) is 0.739. The number of rotatable bonds is 5. The molecule has 1 aliphatic heterocycles. The lowest BCUT2D eigenvalue weighted by Gasteiger charge is -2.41. The van der Waals surface area contributed by atoms with Crippen molar-refractivity contribution in [3.63, 3.8) is 0 Å². The molecule has 190 valence electrons. The Morgan fingerprint density at radius 1 is 1.18 bits per heavy atom. The number of hydrogen-bond donors (Lipinski definition) is 2. The van der Waals surface area contributed by atoms with Crippen molar-refractivity contribution in [2.45, 2.75) is 97.2 Å². The van der Waals surface area contributed by atoms with E-state index < -0.39 is 13.9 Å². The average molecular weight is 556 g/mol. The van der Waals surface area contributed by atoms with E-state index in [2.05, 4.69) is 77.1 Å². The standard InChI is InChI=1S/C23H39BrN6O3Si/c1-21(2,3)33-20(31)27-23(7)10-12-30(13-11-23)19-15(14-32-34(8,9)22(4,5)6)25-16-17(24)28-29-18(16)26-19/h10-14H2,1-9H3,(H,27,31)(H,26,28,29). The van der Waals surface area contributed by atoms with E-state index in [0.717, 1.165) is 37.4 Å². The summed E-state index contributed by atoms with van der Waals surface area (Å²) in [4.78, 5) is 24.3. The molecule has 1 saturated heterocycles. The van der Waals surface area contributed by atoms with E-state index in [1.165, 1.54) is 0 Å². The molecule has 0 bridgehead atoms. The monoisotopic (exact) mass is 554 g/mol. The molecule has 0 radical (unpaired) electrons. The molecule has 1 fully saturated rings. The summed E-state index contributed by atoms with van der Waals surface area (Å²) in [7, 11) is -1.97. The maximum absolute atomic E-state index is 12.3. The largest absolute Gasteiger partial charge is 0.444 e. The number of anilines is 1. The summed E-state index contributed by atoms with van der Waals surface area (Å²) in [6.07, 6.45) is 1.15. The predicted octanol–water partition coefficient (Wildman–Crippen LogP) is 5.52. The average Bonchev–Trinajstić information content (AvgIpc) is 3.03. The number of halogens is 1. The number of nitrogens with zero attached hydrogens (tertiary/aromatic N) is 4. The minimum atomic E-state index is -1.97. The molecule has 0 saturated carbocycles. The molecule has 0 atom stereocenters. The smallest absolute Gasteiger partial charge is 0.408 e. The van der Waals surface area contributed by atoms with Crippen LogP contribution in [0, 0.1) is 0 Å². The van der Waals surface area contributed by atoms with Crippen molar-refractivity contribution in [3.05, 3.63) is 10.3 Å². The van der Waals surface area contributed by atoms with Crippen LogP contribution >= 0.6 is 15.9 Å². The molecule has 34 heavy (non-hydrogen) atoms. The molecule has 2 aromatic heterocycles. The van der Waals surface area contributed by atoms with Gasteiger partial charge in [0.1, 0.15) is 21.4 Å². The number of nitrogens with one attached hydrogen (secondary N) is 2. The second-order valence-electron chi connectivity index (χ2n) is 11.9. The Labute approximate surface area is 212 Å². The summed E-state index contributed by atoms with van der Waals surface area (Å²) in [6, 6.07) is 0. The summed E-state index contributed by atoms with van der Waals surface area (Å²) in [6.45, 7) is 20.7. The van der Waals surface area contributed by atoms with Crippen molar-refractivity contribution in [2.75, 3.05) is 18.0 Å². The van der Waals surface area contributed by atoms with Crippen molar-refractivity contribution < 1.29 is 14.0 Å². The Balaban J connectivity index is 1.80. The number of carbonyl (C=O) groups is 1. The lowest BCUT2D eigenvalue weighted by Crippen LogP contribution is -2.54. The molecule has 0 aliphatic carbocycles. The summed E-state index contributed by atoms with van der Waals surface area (Å²) in [5.41, 5.74) is 1.21. The highest BCUT2D eigenvalue weighted by molar-refractivity contribution is 9.10. The van der Waals surface area contributed by atoms with Gasteiger partial charge >= 0.3 is 6.09 Å². The molecule has 1 aliphatic rings. The Bertz CT molecular complexity index is 1040. The fourth-order valence-corrected chi connectivity index (χ4v) is 4.82. The molecule has 1 amide bonds. The number of fused-ring (bicyclic) bond motifs is 1. The third-order valence-electron chi connectivity index (χ3n) is 6.74. The van der Waals surface area contributed by atoms with Crippen LogP contribution < -0.4 is 10.2 Å². The summed E-state index contributed by atoms with van der Waals surface area (Å²) in [5, 5.41) is 10.4. The van der Waals surface area contributed by atoms with Gasteiger partial charge in [0.25, 0.3) is 0 Å². The van der Waals surface area contributed by atoms with Crippen LogP contribution in [0.1, 0.15) is 67.0 Å². The van der Waals surface area contributed by atoms with Crippen LogP contribution in [-0.4, -0.2) is 58.8 Å². The zero-order chi connectivity index (χ0) is 25.5. The number of aromatic amines is 1. The molecule has 3 heterocycles. The summed E-state index contributed by atoms with van der Waals surface area (Å²) >= 11 is 3.48. The molecule has 11 heteroatoms. The van der Waals surface area contributed by atoms with Crippen LogP contribution in [0.15, 0.2) is 4.60 Å². The van der Waals surface area contributed by atoms with E-state index in [1.807, 2.05) is 20.8 Å². The van der Waals surface area contributed by atoms with Gasteiger partial charge in [-0.3, -0.25) is 5.10 Å². The molecule has 0 unspecified atom stereocenters. The lowest BCUT2D eigenvalue weighted by molar-refractivity contribution is 0.0448. The molecule has 2 N–H and O–H groups in total. The first-order valence-electron chi connectivity index (χ1n) is 11.8. The van der Waals surface area contributed by atoms with E-state index in [9.17, 15) is 4.79 Å². The maximum Gasteiger partial charge on any atom is 0.408 e. The Morgan fingerprint density at radius 2 is 1.79 bits per heavy atom. The Morgan fingerprint density at radius 3 is 2.35 bits per heavy atom. The van der Waals surface area contributed by atoms with Crippen molar-refractivity contribution in [2.24, 2.45) is 0 Å². The highest BCUT2D eigenvalue weighted by Crippen LogP contribution is 2.38. The van der Waals surface area contributed by atoms with Crippen LogP contribution in [-0.2, 0) is 15.8 Å². The number of H-pyrrole nitrogens is 1. The van der Waals surface area contributed by atoms with Crippen molar-refractivity contribution in [1.82, 2.24) is 25.5 Å². The molecular formula is C23H39BrN6O3Si. The first-order valence-corrected chi connectivity index (χ1v) is 15.5. The topological polar surface area (TPSA) is 105 Å². The molecule has 0 spiro atoms. The van der Waals surface area contributed by atoms with Gasteiger partial charge in [-0.25, -0.2) is 14.8 Å². The van der Waals surface area contributed by atoms with Gasteiger partial charge in [0.15, 0.2) is 14.1 Å². The highest BCUT2D eigenvalue weighted by atomic mass is 79.9. The quantitative estimate of drug-likeness (QED) is 0.468. The van der Waals surface area contributed by atoms with Crippen LogP contribution in [0.3, 0.4) is 0 Å². The second kappa shape index (κ2) is 9.38. The van der Waals surface area contributed by atoms with Crippen LogP contribution in [0.2, 0.25) is 18.1 Å². The van der Waals surface area contributed by atoms with Crippen LogP contribution in [0.4, 0.5) is 10.6 Å². The molecular weight excluding hydrogens is 516 g/mol. The first kappa shape index (κ1) is 26.9. The molecule has 0 aromatic carbocycles. The van der Waals surface area contributed by atoms with Gasteiger partial charge < -0.3 is 19.4 Å². The van der Waals surface area contributed by atoms with E-state index in [1.54, 1.807) is 0 Å². The van der Waals surface area contributed by atoms with Gasteiger partial charge in [-0.15, -0.1) is 0 Å². The van der Waals surface area contributed by atoms with Gasteiger partial charge in [-0.05, 0) is 74.6 Å². The number of carbonyl (C=O) groups excluding carboxylic acids is 1. The van der Waals surface area contributed by atoms with E-state index >= 15 is 0 Å². The minimum absolute atomic E-state index is 0.0984. The summed E-state index contributed by atoms with van der Waals surface area (Å²) in [5.74, 6) is 0.796. The highest BCUT2D eigenvalue weighted by Gasteiger charge is 2.38. The van der Waals surface area contributed by atoms with Gasteiger partial charge in [-0.2, -0.15) is 5.10 Å². The van der Waals surface area contributed by atoms with Crippen molar-refractivity contribution in [1.29, 1.82) is 0 Å². The van der Waals surface area contributed by atoms with Crippen LogP contribution in [0.5, 0.6) is 0 Å². The third-order valence-corrected chi connectivity index (χ3v) is 11.8. The van der Waals surface area contributed by atoms with Crippen molar-refractivity contribution >= 4 is 47.3 Å². The number of ether oxygens (including phenoxy) is 1. The number of piperidine rings is 1. The van der Waals surface area contributed by atoms with Gasteiger partial charge in [0.2, 0.25) is 5.65 Å². The Hall–Kier alpha value is -1.72. The molecule has 2 aromatic rings. The third kappa shape index (κ3) is 6.28. The summed E-state index contributed by atoms with van der Waals surface area (Å²) < 4.78 is 12.7. The second-order valence-corrected chi connectivity index (χ2v) is 17.5. The zero-order valence-corrected chi connectivity index (χ0v) is 24.5. The van der Waals surface area contributed by atoms with Gasteiger partial charge in [-0.1, -0.05) is 20.8 Å². The molecule has 3 rings (SSSR count). The fourth-order valence-electron chi connectivity index (χ4n) is 3.54. The number of amides is 1. The lowest BCUT2D eigenvalue weighted by atomic mass is 9.89. The SMILES string of the molecule is CC1(NC(=O)OC(C)(C)C)CCN(c2nc3n[nH]c(Br)c3nc2CO[Si](C)(C)C(C)(C)C)CC1. The van der Waals surface area contributed by atoms with Crippen molar-refractivity contribution in [3.8, 4) is 0 Å². The van der Waals surface area contributed by atoms with E-state index in [0.29, 0.717) is 22.4 Å². The Kier molecular flexibility index (Phi) is 7.42. The first-order chi connectivity index (χ1) is 15.5. The van der Waals surface area contributed by atoms with E-state index in [-0.39, 0.29) is 16.7 Å². The molecule has 9 nitrogen and oxygen atoms in total. The minimum Gasteiger partial charge on any atom is -0.444 e. The number of alkyl carbamates (subject to hydrolysis) is 1. The van der Waals surface area contributed by atoms with Gasteiger partial charge in [0, 0.05) is 18.6 Å². The number of hydrogen-bond acceptors (Lipinski definition) is 7. The van der Waals surface area contributed by atoms with Gasteiger partial charge in [0.05, 0.1) is 6.61 Å². The van der Waals surface area contributed by atoms with Crippen LogP contribution in [0.25, 0.3) is 11.2 Å². The number of aromatic nitrogens is 4. The maximum atomic E-state index is 12.3.